The van der Waals surface area contributed by atoms with Gasteiger partial charge in [-0.3, -0.25) is 0 Å². The van der Waals surface area contributed by atoms with Crippen LogP contribution in [0.4, 0.5) is 11.5 Å². The lowest BCUT2D eigenvalue weighted by Gasteiger charge is -2.14. The average molecular weight is 283 g/mol. The van der Waals surface area contributed by atoms with Crippen LogP contribution in [0, 0.1) is 6.92 Å². The minimum Gasteiger partial charge on any atom is -0.370 e. The first kappa shape index (κ1) is 14.8. The first-order valence-corrected chi connectivity index (χ1v) is 6.81. The van der Waals surface area contributed by atoms with E-state index in [4.69, 9.17) is 5.73 Å². The highest BCUT2D eigenvalue weighted by Gasteiger charge is 2.04. The summed E-state index contributed by atoms with van der Waals surface area (Å²) in [5.41, 5.74) is 9.10. The Labute approximate surface area is 125 Å². The molecular formula is C16H21N5. The van der Waals surface area contributed by atoms with Gasteiger partial charge in [-0.05, 0) is 25.1 Å². The van der Waals surface area contributed by atoms with Gasteiger partial charge in [-0.25, -0.2) is 9.98 Å². The van der Waals surface area contributed by atoms with Gasteiger partial charge >= 0.3 is 0 Å². The number of guanidine groups is 1. The van der Waals surface area contributed by atoms with E-state index in [2.05, 4.69) is 15.3 Å². The highest BCUT2D eigenvalue weighted by molar-refractivity contribution is 5.92. The van der Waals surface area contributed by atoms with Crippen LogP contribution in [0.2, 0.25) is 0 Å². The summed E-state index contributed by atoms with van der Waals surface area (Å²) in [4.78, 5) is 10.7. The van der Waals surface area contributed by atoms with Gasteiger partial charge in [-0.1, -0.05) is 23.8 Å². The van der Waals surface area contributed by atoms with Crippen LogP contribution >= 0.6 is 0 Å². The van der Waals surface area contributed by atoms with Gasteiger partial charge in [0.05, 0.1) is 6.54 Å². The minimum atomic E-state index is 0.396. The van der Waals surface area contributed by atoms with Crippen molar-refractivity contribution in [2.75, 3.05) is 24.3 Å². The number of anilines is 2. The van der Waals surface area contributed by atoms with Crippen LogP contribution < -0.4 is 16.0 Å². The predicted molar refractivity (Wildman–Crippen MR) is 88.7 cm³/mol. The summed E-state index contributed by atoms with van der Waals surface area (Å²) in [5.74, 6) is 1.30. The first-order chi connectivity index (χ1) is 10.1. The fraction of sp³-hybridized carbons (Fsp3) is 0.250. The van der Waals surface area contributed by atoms with E-state index < -0.39 is 0 Å². The summed E-state index contributed by atoms with van der Waals surface area (Å²) in [6.45, 7) is 2.54. The van der Waals surface area contributed by atoms with Gasteiger partial charge in [0.25, 0.3) is 0 Å². The van der Waals surface area contributed by atoms with Crippen molar-refractivity contribution < 1.29 is 0 Å². The van der Waals surface area contributed by atoms with E-state index in [1.165, 1.54) is 5.56 Å². The second-order valence-electron chi connectivity index (χ2n) is 5.07. The molecule has 2 aromatic rings. The van der Waals surface area contributed by atoms with E-state index in [0.717, 1.165) is 17.1 Å². The van der Waals surface area contributed by atoms with Gasteiger partial charge in [0.2, 0.25) is 0 Å². The molecule has 21 heavy (non-hydrogen) atoms. The topological polar surface area (TPSA) is 66.5 Å². The van der Waals surface area contributed by atoms with Crippen LogP contribution in [0.15, 0.2) is 47.6 Å². The number of benzene rings is 1. The third-order valence-electron chi connectivity index (χ3n) is 3.03. The fourth-order valence-corrected chi connectivity index (χ4v) is 1.95. The molecule has 1 aromatic carbocycles. The van der Waals surface area contributed by atoms with Crippen molar-refractivity contribution in [3.05, 3.63) is 53.7 Å². The molecule has 1 heterocycles. The van der Waals surface area contributed by atoms with Crippen molar-refractivity contribution in [1.82, 2.24) is 4.98 Å². The predicted octanol–water partition coefficient (Wildman–Crippen LogP) is 2.38. The zero-order chi connectivity index (χ0) is 15.2. The Kier molecular flexibility index (Phi) is 4.77. The number of rotatable bonds is 4. The molecule has 2 rings (SSSR count). The molecule has 0 spiro atoms. The molecule has 0 aliphatic rings. The molecule has 110 valence electrons. The number of nitrogens with two attached hydrogens (primary N) is 1. The lowest BCUT2D eigenvalue weighted by molar-refractivity contribution is 0.983. The number of hydrogen-bond acceptors (Lipinski definition) is 3. The Balaban J connectivity index is 2.05. The molecule has 1 aromatic heterocycles. The van der Waals surface area contributed by atoms with E-state index >= 15 is 0 Å². The molecule has 5 heteroatoms. The maximum absolute atomic E-state index is 5.92. The molecule has 0 saturated carbocycles. The van der Waals surface area contributed by atoms with E-state index in [1.807, 2.05) is 62.3 Å². The van der Waals surface area contributed by atoms with Crippen LogP contribution in [0.3, 0.4) is 0 Å². The smallest absolute Gasteiger partial charge is 0.193 e. The number of nitrogens with zero attached hydrogens (tertiary/aromatic N) is 3. The summed E-state index contributed by atoms with van der Waals surface area (Å²) in [6, 6.07) is 11.9. The Morgan fingerprint density at radius 2 is 1.95 bits per heavy atom. The van der Waals surface area contributed by atoms with Crippen LogP contribution in [-0.4, -0.2) is 25.0 Å². The van der Waals surface area contributed by atoms with Crippen molar-refractivity contribution in [3.8, 4) is 0 Å². The summed E-state index contributed by atoms with van der Waals surface area (Å²) in [6.07, 6.45) is 1.77. The second-order valence-corrected chi connectivity index (χ2v) is 5.07. The molecule has 0 aliphatic heterocycles. The number of aromatic nitrogens is 1. The van der Waals surface area contributed by atoms with Crippen molar-refractivity contribution >= 4 is 17.5 Å². The van der Waals surface area contributed by atoms with Crippen LogP contribution in [0.1, 0.15) is 11.1 Å². The summed E-state index contributed by atoms with van der Waals surface area (Å²) >= 11 is 0. The number of nitrogens with one attached hydrogen (secondary N) is 1. The molecular weight excluding hydrogens is 262 g/mol. The van der Waals surface area contributed by atoms with E-state index in [1.54, 1.807) is 6.20 Å². The van der Waals surface area contributed by atoms with Crippen molar-refractivity contribution in [3.63, 3.8) is 0 Å². The maximum Gasteiger partial charge on any atom is 0.193 e. The van der Waals surface area contributed by atoms with Crippen LogP contribution in [-0.2, 0) is 6.54 Å². The molecule has 0 amide bonds. The summed E-state index contributed by atoms with van der Waals surface area (Å²) in [5, 5.41) is 3.08. The number of pyridine rings is 1. The van der Waals surface area contributed by atoms with Crippen molar-refractivity contribution in [2.24, 2.45) is 10.7 Å². The molecule has 0 saturated heterocycles. The maximum atomic E-state index is 5.92. The van der Waals surface area contributed by atoms with Gasteiger partial charge in [0.15, 0.2) is 5.96 Å². The Bertz CT molecular complexity index is 617. The summed E-state index contributed by atoms with van der Waals surface area (Å²) in [7, 11) is 3.92. The quantitative estimate of drug-likeness (QED) is 0.668. The van der Waals surface area contributed by atoms with Gasteiger partial charge in [-0.15, -0.1) is 0 Å². The number of aliphatic imine (C=N–C) groups is 1. The highest BCUT2D eigenvalue weighted by Crippen LogP contribution is 2.15. The molecule has 0 atom stereocenters. The molecule has 0 unspecified atom stereocenters. The molecule has 0 aliphatic carbocycles. The highest BCUT2D eigenvalue weighted by atomic mass is 15.1. The average Bonchev–Trinajstić information content (AvgIpc) is 2.48. The van der Waals surface area contributed by atoms with E-state index in [0.29, 0.717) is 12.5 Å². The molecule has 5 nitrogen and oxygen atoms in total. The van der Waals surface area contributed by atoms with E-state index in [-0.39, 0.29) is 0 Å². The standard InChI is InChI=1S/C16H21N5/c1-12-6-8-14(9-7-12)20-16(17)19-11-13-5-4-10-18-15(13)21(2)3/h4-10H,11H2,1-3H3,(H3,17,19,20). The lowest BCUT2D eigenvalue weighted by atomic mass is 10.2. The third kappa shape index (κ3) is 4.21. The molecule has 0 radical (unpaired) electrons. The number of aryl methyl sites for hydroxylation is 1. The largest absolute Gasteiger partial charge is 0.370 e. The number of hydrogen-bond donors (Lipinski definition) is 2. The Morgan fingerprint density at radius 3 is 2.62 bits per heavy atom. The summed E-state index contributed by atoms with van der Waals surface area (Å²) < 4.78 is 0. The molecule has 0 fully saturated rings. The van der Waals surface area contributed by atoms with Crippen molar-refractivity contribution in [2.45, 2.75) is 13.5 Å². The zero-order valence-corrected chi connectivity index (χ0v) is 12.7. The van der Waals surface area contributed by atoms with Crippen molar-refractivity contribution in [1.29, 1.82) is 0 Å². The SMILES string of the molecule is Cc1ccc(NC(N)=NCc2cccnc2N(C)C)cc1. The minimum absolute atomic E-state index is 0.396. The molecule has 0 bridgehead atoms. The fourth-order valence-electron chi connectivity index (χ4n) is 1.95. The van der Waals surface area contributed by atoms with Gasteiger partial charge in [-0.2, -0.15) is 0 Å². The molecule has 3 N–H and O–H groups in total. The van der Waals surface area contributed by atoms with E-state index in [9.17, 15) is 0 Å². The Morgan fingerprint density at radius 1 is 1.24 bits per heavy atom. The normalized spacial score (nSPS) is 11.3. The monoisotopic (exact) mass is 283 g/mol. The van der Waals surface area contributed by atoms with Gasteiger partial charge in [0, 0.05) is 31.5 Å². The Hall–Kier alpha value is -2.56. The van der Waals surface area contributed by atoms with Crippen LogP contribution in [0.25, 0.3) is 0 Å². The third-order valence-corrected chi connectivity index (χ3v) is 3.03. The first-order valence-electron chi connectivity index (χ1n) is 6.81. The van der Waals surface area contributed by atoms with Gasteiger partial charge in [0.1, 0.15) is 5.82 Å². The van der Waals surface area contributed by atoms with Crippen LogP contribution in [0.5, 0.6) is 0 Å². The zero-order valence-electron chi connectivity index (χ0n) is 12.7. The lowest BCUT2D eigenvalue weighted by Crippen LogP contribution is -2.22. The second kappa shape index (κ2) is 6.74. The van der Waals surface area contributed by atoms with Gasteiger partial charge < -0.3 is 16.0 Å².